The fourth-order valence-corrected chi connectivity index (χ4v) is 15.7. The minimum Gasteiger partial charge on any atom is -0.352 e. The smallest absolute Gasteiger partial charge is 0.352 e. The topological polar surface area (TPSA) is 449 Å². The number of amides is 2. The summed E-state index contributed by atoms with van der Waals surface area (Å²) in [7, 11) is -26.4. The molecule has 522 valence electrons. The summed E-state index contributed by atoms with van der Waals surface area (Å²) >= 11 is 0.717. The lowest BCUT2D eigenvalue weighted by Crippen LogP contribution is -2.28. The number of benzene rings is 5. The molecule has 35 heteroatoms. The zero-order chi connectivity index (χ0) is 72.1. The molecule has 0 saturated heterocycles. The van der Waals surface area contributed by atoms with Crippen LogP contribution in [0.1, 0.15) is 128 Å². The van der Waals surface area contributed by atoms with Gasteiger partial charge in [0.1, 0.15) is 16.4 Å². The van der Waals surface area contributed by atoms with E-state index in [-0.39, 0.29) is 81.2 Å². The molecule has 2 amide bonds. The van der Waals surface area contributed by atoms with Gasteiger partial charge in [0.05, 0.1) is 38.6 Å². The number of anilines is 1. The highest BCUT2D eigenvalue weighted by Gasteiger charge is 2.46. The normalized spacial score (nSPS) is 15.1. The number of ketones is 1. The van der Waals surface area contributed by atoms with Crippen LogP contribution in [0.25, 0.3) is 27.1 Å². The van der Waals surface area contributed by atoms with Gasteiger partial charge in [-0.25, -0.2) is 13.6 Å². The molecule has 2 aromatic heterocycles. The molecule has 5 aromatic carbocycles. The second-order valence-electron chi connectivity index (χ2n) is 24.0. The highest BCUT2D eigenvalue weighted by Crippen LogP contribution is 2.52. The molecule has 0 bridgehead atoms. The van der Waals surface area contributed by atoms with Gasteiger partial charge < -0.3 is 15.5 Å². The number of unbranched alkanes of at least 4 members (excludes halogenated alkanes) is 3. The molecule has 0 radical (unpaired) electrons. The summed E-state index contributed by atoms with van der Waals surface area (Å²) in [6.45, 7) is 10.6. The lowest BCUT2D eigenvalue weighted by Gasteiger charge is -2.27. The SMILES string of the molecule is CCCC[N+]1=C(/C=C/C(=C/C=C2/N(CCCS(=O)(=O)O)c3ccc4c(S(=O)(=O)O)cc(S(=O)(=O)O)cc4c3C2(C)C)c2ccc(C(=O)NCCCCCC(=O)NCc3ccc(C(=O)Cc4nnc(S(N)(=O)=O)s4)cc3)cn2)C(C)(C)c2c1ccc1ccc(S(=O)(=O)O)cc21.O=S(=O)=O. The molecule has 0 saturated carbocycles. The van der Waals surface area contributed by atoms with Crippen LogP contribution in [-0.2, 0) is 89.7 Å². The molecule has 98 heavy (non-hydrogen) atoms. The number of fused-ring (bicyclic) bond motifs is 6. The Morgan fingerprint density at radius 2 is 1.37 bits per heavy atom. The largest absolute Gasteiger partial charge is 0.425 e. The monoisotopic (exact) mass is 1480 g/mol. The van der Waals surface area contributed by atoms with E-state index in [1.807, 2.05) is 38.1 Å². The van der Waals surface area contributed by atoms with Gasteiger partial charge in [-0.3, -0.25) is 37.6 Å². The number of nitrogens with one attached hydrogen (secondary N) is 2. The Labute approximate surface area is 571 Å². The van der Waals surface area contributed by atoms with E-state index in [4.69, 9.17) is 22.7 Å². The molecular formula is C63H69N8O20S7+. The number of sulfonamides is 1. The number of carbonyl (C=O) groups is 3. The Kier molecular flexibility index (Phi) is 23.2. The van der Waals surface area contributed by atoms with Gasteiger partial charge in [-0.2, -0.15) is 38.2 Å². The average molecular weight is 1480 g/mol. The van der Waals surface area contributed by atoms with Crippen LogP contribution in [0, 0.1) is 0 Å². The first-order valence-corrected chi connectivity index (χ1v) is 39.3. The number of Topliss-reactive ketones (excluding diaryl/α,β-unsaturated/α-hetero) is 1. The van der Waals surface area contributed by atoms with E-state index in [2.05, 4.69) is 32.3 Å². The lowest BCUT2D eigenvalue weighted by atomic mass is 9.79. The van der Waals surface area contributed by atoms with Crippen molar-refractivity contribution < 1.29 is 91.9 Å². The first-order valence-electron chi connectivity index (χ1n) is 30.0. The van der Waals surface area contributed by atoms with Crippen molar-refractivity contribution in [1.29, 1.82) is 0 Å². The molecule has 2 aliphatic heterocycles. The maximum absolute atomic E-state index is 13.6. The van der Waals surface area contributed by atoms with Gasteiger partial charge in [-0.15, -0.1) is 22.8 Å². The van der Waals surface area contributed by atoms with E-state index in [0.717, 1.165) is 46.8 Å². The second kappa shape index (κ2) is 30.1. The predicted octanol–water partition coefficient (Wildman–Crippen LogP) is 7.43. The van der Waals surface area contributed by atoms with Crippen LogP contribution in [0.5, 0.6) is 0 Å². The highest BCUT2D eigenvalue weighted by molar-refractivity contribution is 7.91. The fraction of sp³-hybridized carbons (Fsp3) is 0.317. The first-order chi connectivity index (χ1) is 45.7. The minimum absolute atomic E-state index is 0.0318. The van der Waals surface area contributed by atoms with E-state index in [1.54, 1.807) is 79.4 Å². The summed E-state index contributed by atoms with van der Waals surface area (Å²) in [6, 6.07) is 22.7. The average Bonchev–Trinajstić information content (AvgIpc) is 1.54. The van der Waals surface area contributed by atoms with E-state index in [9.17, 15) is 74.7 Å². The third-order valence-corrected chi connectivity index (χ3v) is 22.0. The van der Waals surface area contributed by atoms with Gasteiger partial charge in [0.25, 0.3) is 56.4 Å². The zero-order valence-corrected chi connectivity index (χ0v) is 58.9. The third kappa shape index (κ3) is 18.2. The Morgan fingerprint density at radius 3 is 1.98 bits per heavy atom. The number of hydrogen-bond acceptors (Lipinski definition) is 21. The number of nitrogens with two attached hydrogens (primary N) is 1. The van der Waals surface area contributed by atoms with E-state index >= 15 is 0 Å². The van der Waals surface area contributed by atoms with Crippen LogP contribution in [0.3, 0.4) is 0 Å². The molecule has 9 rings (SSSR count). The van der Waals surface area contributed by atoms with Crippen LogP contribution in [-0.4, -0.2) is 141 Å². The number of nitrogens with zero attached hydrogens (tertiary/aromatic N) is 5. The van der Waals surface area contributed by atoms with Crippen molar-refractivity contribution in [2.24, 2.45) is 5.14 Å². The van der Waals surface area contributed by atoms with Gasteiger partial charge in [0.15, 0.2) is 11.5 Å². The van der Waals surface area contributed by atoms with Gasteiger partial charge in [0, 0.05) is 89.7 Å². The molecule has 8 N–H and O–H groups in total. The van der Waals surface area contributed by atoms with Crippen molar-refractivity contribution in [1.82, 2.24) is 25.8 Å². The number of rotatable bonds is 27. The number of hydrogen-bond donors (Lipinski definition) is 7. The molecule has 0 unspecified atom stereocenters. The molecule has 0 fully saturated rings. The van der Waals surface area contributed by atoms with Crippen LogP contribution in [0.2, 0.25) is 0 Å². The summed E-state index contributed by atoms with van der Waals surface area (Å²) < 4.78 is 191. The third-order valence-electron chi connectivity index (χ3n) is 16.4. The summed E-state index contributed by atoms with van der Waals surface area (Å²) in [5, 5.41) is 19.6. The van der Waals surface area contributed by atoms with Crippen LogP contribution in [0.15, 0.2) is 146 Å². The van der Waals surface area contributed by atoms with E-state index in [0.29, 0.717) is 82.4 Å². The van der Waals surface area contributed by atoms with Crippen LogP contribution in [0.4, 0.5) is 11.4 Å². The van der Waals surface area contributed by atoms with E-state index in [1.165, 1.54) is 24.4 Å². The summed E-state index contributed by atoms with van der Waals surface area (Å²) in [6.07, 6.45) is 11.8. The maximum Gasteiger partial charge on any atom is 0.425 e. The first kappa shape index (κ1) is 75.6. The number of aromatic nitrogens is 3. The molecule has 4 heterocycles. The maximum atomic E-state index is 13.6. The molecule has 2 aliphatic rings. The quantitative estimate of drug-likeness (QED) is 0.00864. The second-order valence-corrected chi connectivity index (χ2v) is 33.0. The van der Waals surface area contributed by atoms with Gasteiger partial charge in [-0.1, -0.05) is 87.4 Å². The van der Waals surface area contributed by atoms with E-state index < -0.39 is 93.4 Å². The minimum atomic E-state index is -5.10. The number of primary sulfonamides is 1. The van der Waals surface area contributed by atoms with Crippen molar-refractivity contribution in [2.75, 3.05) is 30.3 Å². The van der Waals surface area contributed by atoms with Gasteiger partial charge in [0.2, 0.25) is 15.9 Å². The Morgan fingerprint density at radius 1 is 0.704 bits per heavy atom. The fourth-order valence-electron chi connectivity index (χ4n) is 11.8. The van der Waals surface area contributed by atoms with Crippen molar-refractivity contribution in [2.45, 2.75) is 122 Å². The van der Waals surface area contributed by atoms with Crippen molar-refractivity contribution in [3.05, 3.63) is 166 Å². The van der Waals surface area contributed by atoms with Crippen molar-refractivity contribution in [3.63, 3.8) is 0 Å². The molecule has 7 aromatic rings. The Balaban J connectivity index is 0.00000298. The molecular weight excluding hydrogens is 1410 g/mol. The van der Waals surface area contributed by atoms with Crippen LogP contribution >= 0.6 is 11.3 Å². The molecule has 0 spiro atoms. The Bertz CT molecular complexity index is 5190. The Hall–Kier alpha value is -8.20. The molecule has 0 atom stereocenters. The number of allylic oxidation sites excluding steroid dienone is 6. The molecule has 28 nitrogen and oxygen atoms in total. The van der Waals surface area contributed by atoms with Gasteiger partial charge in [-0.05, 0) is 121 Å². The number of carbonyl (C=O) groups excluding carboxylic acids is 3. The van der Waals surface area contributed by atoms with Crippen molar-refractivity contribution in [3.8, 4) is 0 Å². The van der Waals surface area contributed by atoms with Crippen LogP contribution < -0.4 is 20.7 Å². The van der Waals surface area contributed by atoms with Crippen molar-refractivity contribution >= 4 is 134 Å². The molecule has 0 aliphatic carbocycles. The summed E-state index contributed by atoms with van der Waals surface area (Å²) in [4.78, 5) is 43.8. The lowest BCUT2D eigenvalue weighted by molar-refractivity contribution is -0.438. The summed E-state index contributed by atoms with van der Waals surface area (Å²) in [5.74, 6) is -1.57. The predicted molar refractivity (Wildman–Crippen MR) is 364 cm³/mol. The number of pyridine rings is 1. The standard InChI is InChI=1S/C63H68N8O17S6.O3S/c1-6-7-30-70-50-25-19-40-17-22-44(92(80,81)82)33-47(40)58(50)62(2,3)54(70)27-20-41(21-28-55-63(4,5)59-48-34-45(93(83,84)85)35-53(94(86,87)88)46(48)23-26-51(59)71(55)31-11-32-90(75,76)77)49-24-18-43(38-66-49)60(74)65-29-10-8-9-12-56(73)67-37-39-13-15-42(16-14-39)52(72)36-57-68-69-61(89-57)91(64,78)79;1-4(2)3/h13-28,33-35,38H,6-12,29-32,36-37H2,1-5H3,(H7-,64,65,67,73,74,75,76,77,78,79,80,81,82,83,84,85,86,87,88);/p+1. The summed E-state index contributed by atoms with van der Waals surface area (Å²) in [5.41, 5.74) is 3.80. The zero-order valence-electron chi connectivity index (χ0n) is 53.2. The van der Waals surface area contributed by atoms with Gasteiger partial charge >= 0.3 is 10.6 Å². The highest BCUT2D eigenvalue weighted by atomic mass is 32.3.